The van der Waals surface area contributed by atoms with Gasteiger partial charge in [-0.05, 0) is 25.5 Å². The number of nitrogens with one attached hydrogen (secondary N) is 1. The summed E-state index contributed by atoms with van der Waals surface area (Å²) in [6.45, 7) is 3.91. The standard InChI is InChI=1S/C16H15NO2/c1-10-7-11(2)9-12(8-10)16(19)13-5-3-4-6-14(13)17-15(16)18/h3-9,19H,1-2H3,(H,17,18)/t16-/m1/s1. The number of carbonyl (C=O) groups excluding carboxylic acids is 1. The topological polar surface area (TPSA) is 49.3 Å². The first-order valence-electron chi connectivity index (χ1n) is 6.24. The number of fused-ring (bicyclic) bond motifs is 1. The largest absolute Gasteiger partial charge is 0.372 e. The average Bonchev–Trinajstić information content (AvgIpc) is 2.62. The zero-order chi connectivity index (χ0) is 13.6. The molecule has 96 valence electrons. The molecule has 0 saturated heterocycles. The smallest absolute Gasteiger partial charge is 0.265 e. The summed E-state index contributed by atoms with van der Waals surface area (Å²) in [6, 6.07) is 13.0. The van der Waals surface area contributed by atoms with Gasteiger partial charge in [-0.25, -0.2) is 0 Å². The summed E-state index contributed by atoms with van der Waals surface area (Å²) in [4.78, 5) is 12.2. The van der Waals surface area contributed by atoms with Crippen molar-refractivity contribution in [3.05, 3.63) is 64.7 Å². The minimum absolute atomic E-state index is 0.390. The van der Waals surface area contributed by atoms with E-state index in [1.54, 1.807) is 12.1 Å². The number of rotatable bonds is 1. The van der Waals surface area contributed by atoms with Crippen LogP contribution in [0, 0.1) is 13.8 Å². The Bertz CT molecular complexity index is 658. The zero-order valence-corrected chi connectivity index (χ0v) is 10.9. The zero-order valence-electron chi connectivity index (χ0n) is 10.9. The number of aliphatic hydroxyl groups is 1. The van der Waals surface area contributed by atoms with E-state index in [1.807, 2.05) is 44.2 Å². The van der Waals surface area contributed by atoms with Crippen LogP contribution in [0.15, 0.2) is 42.5 Å². The van der Waals surface area contributed by atoms with E-state index < -0.39 is 11.5 Å². The van der Waals surface area contributed by atoms with Gasteiger partial charge in [0.05, 0.1) is 0 Å². The molecule has 0 bridgehead atoms. The van der Waals surface area contributed by atoms with Crippen LogP contribution in [0.4, 0.5) is 5.69 Å². The number of aryl methyl sites for hydroxylation is 2. The number of hydrogen-bond acceptors (Lipinski definition) is 2. The third-order valence-electron chi connectivity index (χ3n) is 3.53. The van der Waals surface area contributed by atoms with Crippen LogP contribution in [0.25, 0.3) is 0 Å². The summed E-state index contributed by atoms with van der Waals surface area (Å²) in [6.07, 6.45) is 0. The molecule has 3 heteroatoms. The highest BCUT2D eigenvalue weighted by Gasteiger charge is 2.46. The molecule has 1 atom stereocenters. The number of anilines is 1. The van der Waals surface area contributed by atoms with Crippen LogP contribution in [0.5, 0.6) is 0 Å². The van der Waals surface area contributed by atoms with Crippen molar-refractivity contribution in [2.75, 3.05) is 5.32 Å². The molecule has 0 spiro atoms. The molecular formula is C16H15NO2. The maximum absolute atomic E-state index is 12.2. The Hall–Kier alpha value is -2.13. The Morgan fingerprint density at radius 1 is 1.05 bits per heavy atom. The molecular weight excluding hydrogens is 238 g/mol. The summed E-state index contributed by atoms with van der Waals surface area (Å²) in [5.74, 6) is -0.390. The molecule has 0 fully saturated rings. The first-order valence-corrected chi connectivity index (χ1v) is 6.24. The summed E-state index contributed by atoms with van der Waals surface area (Å²) < 4.78 is 0. The fourth-order valence-corrected chi connectivity index (χ4v) is 2.71. The van der Waals surface area contributed by atoms with Gasteiger partial charge in [-0.2, -0.15) is 0 Å². The second kappa shape index (κ2) is 3.93. The molecule has 1 aliphatic rings. The Balaban J connectivity index is 2.25. The Morgan fingerprint density at radius 3 is 2.37 bits per heavy atom. The van der Waals surface area contributed by atoms with Gasteiger partial charge in [-0.15, -0.1) is 0 Å². The van der Waals surface area contributed by atoms with Gasteiger partial charge in [0.2, 0.25) is 0 Å². The van der Waals surface area contributed by atoms with Crippen LogP contribution >= 0.6 is 0 Å². The molecule has 2 aromatic rings. The Kier molecular flexibility index (Phi) is 2.47. The van der Waals surface area contributed by atoms with E-state index in [4.69, 9.17) is 0 Å². The molecule has 0 radical (unpaired) electrons. The van der Waals surface area contributed by atoms with Gasteiger partial charge in [0.25, 0.3) is 5.91 Å². The lowest BCUT2D eigenvalue weighted by molar-refractivity contribution is -0.129. The molecule has 0 saturated carbocycles. The van der Waals surface area contributed by atoms with Crippen LogP contribution < -0.4 is 5.32 Å². The highest BCUT2D eigenvalue weighted by molar-refractivity contribution is 6.07. The van der Waals surface area contributed by atoms with Gasteiger partial charge in [0.15, 0.2) is 5.60 Å². The summed E-state index contributed by atoms with van der Waals surface area (Å²) in [5, 5.41) is 13.7. The van der Waals surface area contributed by atoms with E-state index >= 15 is 0 Å². The number of hydrogen-bond donors (Lipinski definition) is 2. The van der Waals surface area contributed by atoms with Crippen molar-refractivity contribution in [3.63, 3.8) is 0 Å². The van der Waals surface area contributed by atoms with Crippen molar-refractivity contribution in [1.82, 2.24) is 0 Å². The van der Waals surface area contributed by atoms with Crippen LogP contribution in [-0.2, 0) is 10.4 Å². The van der Waals surface area contributed by atoms with Crippen molar-refractivity contribution in [1.29, 1.82) is 0 Å². The predicted molar refractivity (Wildman–Crippen MR) is 74.0 cm³/mol. The first kappa shape index (κ1) is 11.9. The number of benzene rings is 2. The van der Waals surface area contributed by atoms with Crippen LogP contribution in [-0.4, -0.2) is 11.0 Å². The Labute approximate surface area is 111 Å². The van der Waals surface area contributed by atoms with Gasteiger partial charge in [0.1, 0.15) is 0 Å². The molecule has 3 nitrogen and oxygen atoms in total. The number of amides is 1. The van der Waals surface area contributed by atoms with Crippen LogP contribution in [0.1, 0.15) is 22.3 Å². The van der Waals surface area contributed by atoms with E-state index in [0.717, 1.165) is 11.1 Å². The summed E-state index contributed by atoms with van der Waals surface area (Å²) in [5.41, 5.74) is 2.38. The maximum atomic E-state index is 12.2. The summed E-state index contributed by atoms with van der Waals surface area (Å²) >= 11 is 0. The highest BCUT2D eigenvalue weighted by Crippen LogP contribution is 2.40. The van der Waals surface area contributed by atoms with Crippen molar-refractivity contribution >= 4 is 11.6 Å². The minimum Gasteiger partial charge on any atom is -0.372 e. The third-order valence-corrected chi connectivity index (χ3v) is 3.53. The first-order chi connectivity index (χ1) is 9.01. The summed E-state index contributed by atoms with van der Waals surface area (Å²) in [7, 11) is 0. The van der Waals surface area contributed by atoms with E-state index in [1.165, 1.54) is 0 Å². The van der Waals surface area contributed by atoms with Gasteiger partial charge >= 0.3 is 0 Å². The molecule has 1 aliphatic heterocycles. The fraction of sp³-hybridized carbons (Fsp3) is 0.188. The van der Waals surface area contributed by atoms with E-state index in [9.17, 15) is 9.90 Å². The second-order valence-corrected chi connectivity index (χ2v) is 5.09. The van der Waals surface area contributed by atoms with Gasteiger partial charge in [0, 0.05) is 11.3 Å². The molecule has 0 unspecified atom stereocenters. The Morgan fingerprint density at radius 2 is 1.68 bits per heavy atom. The van der Waals surface area contributed by atoms with Crippen molar-refractivity contribution in [2.45, 2.75) is 19.4 Å². The van der Waals surface area contributed by atoms with Gasteiger partial charge < -0.3 is 10.4 Å². The monoisotopic (exact) mass is 253 g/mol. The lowest BCUT2D eigenvalue weighted by Gasteiger charge is -2.22. The average molecular weight is 253 g/mol. The normalized spacial score (nSPS) is 21.1. The van der Waals surface area contributed by atoms with Crippen molar-refractivity contribution in [2.24, 2.45) is 0 Å². The SMILES string of the molecule is Cc1cc(C)cc([C@]2(O)C(=O)Nc3ccccc32)c1. The van der Waals surface area contributed by atoms with Crippen LogP contribution in [0.3, 0.4) is 0 Å². The predicted octanol–water partition coefficient (Wildman–Crippen LogP) is 2.49. The highest BCUT2D eigenvalue weighted by atomic mass is 16.3. The van der Waals surface area contributed by atoms with Crippen molar-refractivity contribution in [3.8, 4) is 0 Å². The lowest BCUT2D eigenvalue weighted by Crippen LogP contribution is -2.35. The van der Waals surface area contributed by atoms with Crippen molar-refractivity contribution < 1.29 is 9.90 Å². The molecule has 2 aromatic carbocycles. The lowest BCUT2D eigenvalue weighted by atomic mass is 9.86. The molecule has 0 aromatic heterocycles. The van der Waals surface area contributed by atoms with Gasteiger partial charge in [-0.3, -0.25) is 4.79 Å². The molecule has 2 N–H and O–H groups in total. The van der Waals surface area contributed by atoms with E-state index in [-0.39, 0.29) is 0 Å². The number of carbonyl (C=O) groups is 1. The third kappa shape index (κ3) is 1.66. The number of para-hydroxylation sites is 1. The maximum Gasteiger partial charge on any atom is 0.265 e. The molecule has 1 heterocycles. The fourth-order valence-electron chi connectivity index (χ4n) is 2.71. The molecule has 0 aliphatic carbocycles. The molecule has 3 rings (SSSR count). The van der Waals surface area contributed by atoms with Gasteiger partial charge in [-0.1, -0.05) is 47.5 Å². The molecule has 19 heavy (non-hydrogen) atoms. The quantitative estimate of drug-likeness (QED) is 0.820. The van der Waals surface area contributed by atoms with Crippen LogP contribution in [0.2, 0.25) is 0 Å². The minimum atomic E-state index is -1.59. The second-order valence-electron chi connectivity index (χ2n) is 5.09. The molecule has 1 amide bonds. The van der Waals surface area contributed by atoms with E-state index in [0.29, 0.717) is 16.8 Å². The van der Waals surface area contributed by atoms with E-state index in [2.05, 4.69) is 5.32 Å².